The van der Waals surface area contributed by atoms with Crippen molar-refractivity contribution in [3.8, 4) is 0 Å². The topological polar surface area (TPSA) is 29.1 Å². The molecule has 0 unspecified atom stereocenters. The minimum atomic E-state index is 0.0205. The minimum Gasteiger partial charge on any atom is -0.345 e. The largest absolute Gasteiger partial charge is 0.345 e. The second kappa shape index (κ2) is 6.19. The van der Waals surface area contributed by atoms with Crippen LogP contribution in [0.3, 0.4) is 0 Å². The third-order valence-electron chi connectivity index (χ3n) is 4.69. The molecule has 1 N–H and O–H groups in total. The van der Waals surface area contributed by atoms with Gasteiger partial charge < -0.3 is 5.32 Å². The summed E-state index contributed by atoms with van der Waals surface area (Å²) in [7, 11) is 0. The van der Waals surface area contributed by atoms with Gasteiger partial charge in [0.25, 0.3) is 5.91 Å². The molecule has 1 aliphatic carbocycles. The molecular formula is C21H25NO. The van der Waals surface area contributed by atoms with Gasteiger partial charge in [0.15, 0.2) is 0 Å². The molecule has 0 fully saturated rings. The maximum absolute atomic E-state index is 12.6. The van der Waals surface area contributed by atoms with Crippen molar-refractivity contribution < 1.29 is 4.79 Å². The van der Waals surface area contributed by atoms with Crippen LogP contribution in [-0.4, -0.2) is 5.91 Å². The molecule has 2 heteroatoms. The van der Waals surface area contributed by atoms with Gasteiger partial charge in [0, 0.05) is 5.56 Å². The van der Waals surface area contributed by atoms with E-state index in [1.165, 1.54) is 16.7 Å². The summed E-state index contributed by atoms with van der Waals surface area (Å²) in [5, 5.41) is 3.21. The van der Waals surface area contributed by atoms with Crippen LogP contribution >= 0.6 is 0 Å². The molecule has 2 nitrogen and oxygen atoms in total. The molecule has 0 aromatic heterocycles. The fourth-order valence-electron chi connectivity index (χ4n) is 3.27. The molecule has 0 heterocycles. The number of aryl methyl sites for hydroxylation is 1. The molecule has 3 rings (SSSR count). The summed E-state index contributed by atoms with van der Waals surface area (Å²) >= 11 is 0. The van der Waals surface area contributed by atoms with Crippen LogP contribution in [-0.2, 0) is 11.8 Å². The van der Waals surface area contributed by atoms with E-state index in [0.29, 0.717) is 0 Å². The van der Waals surface area contributed by atoms with Crippen molar-refractivity contribution in [2.75, 3.05) is 0 Å². The SMILES string of the molecule is CC(C)(C)c1ccc(C(=O)N[C@H]2CCCc3ccccc32)cc1. The lowest BCUT2D eigenvalue weighted by Gasteiger charge is -2.26. The molecule has 0 aliphatic heterocycles. The van der Waals surface area contributed by atoms with E-state index < -0.39 is 0 Å². The highest BCUT2D eigenvalue weighted by atomic mass is 16.1. The molecular weight excluding hydrogens is 282 g/mol. The predicted octanol–water partition coefficient (Wildman–Crippen LogP) is 4.79. The van der Waals surface area contributed by atoms with Crippen molar-refractivity contribution in [3.05, 3.63) is 70.8 Å². The predicted molar refractivity (Wildman–Crippen MR) is 94.7 cm³/mol. The molecule has 1 amide bonds. The summed E-state index contributed by atoms with van der Waals surface area (Å²) in [6, 6.07) is 16.6. The third-order valence-corrected chi connectivity index (χ3v) is 4.69. The molecule has 1 atom stereocenters. The molecule has 0 spiro atoms. The van der Waals surface area contributed by atoms with Gasteiger partial charge in [-0.2, -0.15) is 0 Å². The van der Waals surface area contributed by atoms with Gasteiger partial charge in [-0.25, -0.2) is 0 Å². The van der Waals surface area contributed by atoms with Gasteiger partial charge in [-0.1, -0.05) is 57.2 Å². The molecule has 0 radical (unpaired) electrons. The first kappa shape index (κ1) is 15.8. The number of fused-ring (bicyclic) bond motifs is 1. The van der Waals surface area contributed by atoms with Crippen LogP contribution in [0.25, 0.3) is 0 Å². The van der Waals surface area contributed by atoms with Crippen LogP contribution in [0.5, 0.6) is 0 Å². The van der Waals surface area contributed by atoms with Crippen LogP contribution in [0.15, 0.2) is 48.5 Å². The Hall–Kier alpha value is -2.09. The number of carbonyl (C=O) groups excluding carboxylic acids is 1. The molecule has 0 saturated carbocycles. The Morgan fingerprint density at radius 2 is 1.74 bits per heavy atom. The Balaban J connectivity index is 1.75. The molecule has 0 bridgehead atoms. The Kier molecular flexibility index (Phi) is 4.25. The number of hydrogen-bond donors (Lipinski definition) is 1. The highest BCUT2D eigenvalue weighted by molar-refractivity contribution is 5.94. The quantitative estimate of drug-likeness (QED) is 0.849. The van der Waals surface area contributed by atoms with Crippen LogP contribution in [0.1, 0.15) is 66.7 Å². The van der Waals surface area contributed by atoms with Gasteiger partial charge in [0.05, 0.1) is 6.04 Å². The average molecular weight is 307 g/mol. The molecule has 120 valence electrons. The molecule has 2 aromatic rings. The molecule has 2 aromatic carbocycles. The molecule has 1 aliphatic rings. The van der Waals surface area contributed by atoms with E-state index in [2.05, 4.69) is 62.5 Å². The zero-order valence-electron chi connectivity index (χ0n) is 14.2. The van der Waals surface area contributed by atoms with Crippen LogP contribution in [0, 0.1) is 0 Å². The maximum Gasteiger partial charge on any atom is 0.251 e. The van der Waals surface area contributed by atoms with E-state index >= 15 is 0 Å². The van der Waals surface area contributed by atoms with Crippen molar-refractivity contribution in [3.63, 3.8) is 0 Å². The average Bonchev–Trinajstić information content (AvgIpc) is 2.54. The van der Waals surface area contributed by atoms with Crippen LogP contribution < -0.4 is 5.32 Å². The smallest absolute Gasteiger partial charge is 0.251 e. The second-order valence-electron chi connectivity index (χ2n) is 7.44. The van der Waals surface area contributed by atoms with Gasteiger partial charge in [-0.3, -0.25) is 4.79 Å². The van der Waals surface area contributed by atoms with E-state index in [4.69, 9.17) is 0 Å². The number of benzene rings is 2. The van der Waals surface area contributed by atoms with Crippen LogP contribution in [0.2, 0.25) is 0 Å². The van der Waals surface area contributed by atoms with Crippen molar-refractivity contribution in [2.24, 2.45) is 0 Å². The number of nitrogens with one attached hydrogen (secondary N) is 1. The molecule has 23 heavy (non-hydrogen) atoms. The number of carbonyl (C=O) groups is 1. The van der Waals surface area contributed by atoms with E-state index in [-0.39, 0.29) is 17.4 Å². The number of amides is 1. The standard InChI is InChI=1S/C21H25NO/c1-21(2,3)17-13-11-16(12-14-17)20(23)22-19-10-6-8-15-7-4-5-9-18(15)19/h4-5,7,9,11-14,19H,6,8,10H2,1-3H3,(H,22,23)/t19-/m0/s1. The lowest BCUT2D eigenvalue weighted by atomic mass is 9.86. The first-order chi connectivity index (χ1) is 10.9. The third kappa shape index (κ3) is 3.47. The fraction of sp³-hybridized carbons (Fsp3) is 0.381. The van der Waals surface area contributed by atoms with Crippen molar-refractivity contribution in [1.82, 2.24) is 5.32 Å². The highest BCUT2D eigenvalue weighted by Crippen LogP contribution is 2.30. The Bertz CT molecular complexity index is 695. The van der Waals surface area contributed by atoms with E-state index in [0.717, 1.165) is 24.8 Å². The summed E-state index contributed by atoms with van der Waals surface area (Å²) < 4.78 is 0. The van der Waals surface area contributed by atoms with Crippen molar-refractivity contribution >= 4 is 5.91 Å². The second-order valence-corrected chi connectivity index (χ2v) is 7.44. The highest BCUT2D eigenvalue weighted by Gasteiger charge is 2.22. The van der Waals surface area contributed by atoms with E-state index in [1.807, 2.05) is 12.1 Å². The van der Waals surface area contributed by atoms with Gasteiger partial charge in [-0.05, 0) is 53.5 Å². The first-order valence-corrected chi connectivity index (χ1v) is 8.44. The number of rotatable bonds is 2. The Morgan fingerprint density at radius 1 is 1.04 bits per heavy atom. The normalized spacial score (nSPS) is 17.4. The van der Waals surface area contributed by atoms with Crippen molar-refractivity contribution in [1.29, 1.82) is 0 Å². The van der Waals surface area contributed by atoms with Gasteiger partial charge >= 0.3 is 0 Å². The lowest BCUT2D eigenvalue weighted by molar-refractivity contribution is 0.0932. The van der Waals surface area contributed by atoms with E-state index in [1.54, 1.807) is 0 Å². The summed E-state index contributed by atoms with van der Waals surface area (Å²) in [4.78, 5) is 12.6. The van der Waals surface area contributed by atoms with E-state index in [9.17, 15) is 4.79 Å². The Labute approximate surface area is 138 Å². The molecule has 0 saturated heterocycles. The monoisotopic (exact) mass is 307 g/mol. The minimum absolute atomic E-state index is 0.0205. The maximum atomic E-state index is 12.6. The lowest BCUT2D eigenvalue weighted by Crippen LogP contribution is -2.31. The van der Waals surface area contributed by atoms with Gasteiger partial charge in [0.2, 0.25) is 0 Å². The number of hydrogen-bond acceptors (Lipinski definition) is 1. The van der Waals surface area contributed by atoms with Crippen molar-refractivity contribution in [2.45, 2.75) is 51.5 Å². The Morgan fingerprint density at radius 3 is 2.43 bits per heavy atom. The summed E-state index contributed by atoms with van der Waals surface area (Å²) in [5.41, 5.74) is 4.74. The fourth-order valence-corrected chi connectivity index (χ4v) is 3.27. The summed E-state index contributed by atoms with van der Waals surface area (Å²) in [5.74, 6) is 0.0205. The van der Waals surface area contributed by atoms with Gasteiger partial charge in [-0.15, -0.1) is 0 Å². The van der Waals surface area contributed by atoms with Crippen LogP contribution in [0.4, 0.5) is 0 Å². The zero-order valence-corrected chi connectivity index (χ0v) is 14.2. The summed E-state index contributed by atoms with van der Waals surface area (Å²) in [6.07, 6.45) is 3.26. The summed E-state index contributed by atoms with van der Waals surface area (Å²) in [6.45, 7) is 6.54. The first-order valence-electron chi connectivity index (χ1n) is 8.44. The van der Waals surface area contributed by atoms with Gasteiger partial charge in [0.1, 0.15) is 0 Å². The zero-order chi connectivity index (χ0) is 16.4.